The highest BCUT2D eigenvalue weighted by molar-refractivity contribution is 5.86. The van der Waals surface area contributed by atoms with Crippen LogP contribution in [0, 0.1) is 0 Å². The number of hydrogen-bond donors (Lipinski definition) is 2. The van der Waals surface area contributed by atoms with Gasteiger partial charge in [-0.1, -0.05) is 42.5 Å². The van der Waals surface area contributed by atoms with Crippen molar-refractivity contribution in [2.24, 2.45) is 5.73 Å². The Morgan fingerprint density at radius 1 is 0.938 bits per heavy atom. The molecule has 0 aliphatic heterocycles. The second kappa shape index (κ2) is 9.55. The summed E-state index contributed by atoms with van der Waals surface area (Å²) < 4.78 is 44.0. The average Bonchev–Trinajstić information content (AvgIpc) is 2.76. The predicted octanol–water partition coefficient (Wildman–Crippen LogP) is 5.00. The molecule has 0 heterocycles. The highest BCUT2D eigenvalue weighted by Gasteiger charge is 2.30. The molecule has 1 amide bonds. The number of carboxylic acids is 1. The summed E-state index contributed by atoms with van der Waals surface area (Å²) in [6.45, 7) is 0.211. The summed E-state index contributed by atoms with van der Waals surface area (Å²) in [5.41, 5.74) is 7.30. The van der Waals surface area contributed by atoms with Crippen LogP contribution in [0.15, 0.2) is 72.8 Å². The zero-order valence-corrected chi connectivity index (χ0v) is 16.8. The Morgan fingerprint density at radius 3 is 2.16 bits per heavy atom. The number of ether oxygens (including phenoxy) is 1. The minimum Gasteiger partial charge on any atom is -0.489 e. The molecule has 0 saturated heterocycles. The van der Waals surface area contributed by atoms with Gasteiger partial charge in [-0.3, -0.25) is 9.59 Å². The smallest absolute Gasteiger partial charge is 0.416 e. The third-order valence-electron chi connectivity index (χ3n) is 4.88. The molecule has 5 nitrogen and oxygen atoms in total. The van der Waals surface area contributed by atoms with Crippen molar-refractivity contribution >= 4 is 11.9 Å². The maximum absolute atomic E-state index is 12.7. The van der Waals surface area contributed by atoms with Crippen LogP contribution in [0.3, 0.4) is 0 Å². The van der Waals surface area contributed by atoms with E-state index in [-0.39, 0.29) is 6.61 Å². The van der Waals surface area contributed by atoms with Crippen molar-refractivity contribution in [1.82, 2.24) is 0 Å². The number of primary amides is 1. The van der Waals surface area contributed by atoms with Crippen LogP contribution in [-0.2, 0) is 22.4 Å². The van der Waals surface area contributed by atoms with Crippen molar-refractivity contribution in [1.29, 1.82) is 0 Å². The summed E-state index contributed by atoms with van der Waals surface area (Å²) in [5.74, 6) is -2.27. The first-order valence-corrected chi connectivity index (χ1v) is 9.64. The van der Waals surface area contributed by atoms with Crippen LogP contribution in [0.2, 0.25) is 0 Å². The zero-order chi connectivity index (χ0) is 23.3. The Morgan fingerprint density at radius 2 is 1.59 bits per heavy atom. The lowest BCUT2D eigenvalue weighted by atomic mass is 9.95. The molecular weight excluding hydrogens is 423 g/mol. The van der Waals surface area contributed by atoms with Crippen LogP contribution < -0.4 is 10.5 Å². The van der Waals surface area contributed by atoms with E-state index in [4.69, 9.17) is 15.6 Å². The fraction of sp³-hybridized carbons (Fsp3) is 0.167. The minimum atomic E-state index is -4.38. The van der Waals surface area contributed by atoms with Gasteiger partial charge in [-0.15, -0.1) is 0 Å². The first kappa shape index (κ1) is 22.9. The Labute approximate surface area is 182 Å². The molecule has 0 aromatic heterocycles. The van der Waals surface area contributed by atoms with Gasteiger partial charge in [-0.25, -0.2) is 0 Å². The molecule has 3 aromatic carbocycles. The van der Waals surface area contributed by atoms with Crippen molar-refractivity contribution in [2.45, 2.75) is 25.1 Å². The Balaban J connectivity index is 1.67. The van der Waals surface area contributed by atoms with E-state index in [1.54, 1.807) is 36.4 Å². The summed E-state index contributed by atoms with van der Waals surface area (Å²) in [6, 6.07) is 18.6. The normalized spacial score (nSPS) is 12.2. The molecule has 32 heavy (non-hydrogen) atoms. The summed E-state index contributed by atoms with van der Waals surface area (Å²) in [4.78, 5) is 22.4. The fourth-order valence-electron chi connectivity index (χ4n) is 3.21. The zero-order valence-electron chi connectivity index (χ0n) is 16.8. The number of hydrogen-bond acceptors (Lipinski definition) is 3. The first-order valence-electron chi connectivity index (χ1n) is 9.64. The third-order valence-corrected chi connectivity index (χ3v) is 4.88. The van der Waals surface area contributed by atoms with E-state index in [1.165, 1.54) is 12.1 Å². The number of benzene rings is 3. The molecule has 0 aliphatic carbocycles. The van der Waals surface area contributed by atoms with Gasteiger partial charge in [0.25, 0.3) is 0 Å². The van der Waals surface area contributed by atoms with Crippen molar-refractivity contribution in [3.63, 3.8) is 0 Å². The van der Waals surface area contributed by atoms with Gasteiger partial charge in [-0.05, 0) is 52.6 Å². The number of alkyl halides is 3. The minimum absolute atomic E-state index is 0.211. The van der Waals surface area contributed by atoms with Gasteiger partial charge in [0.2, 0.25) is 5.91 Å². The number of amides is 1. The van der Waals surface area contributed by atoms with E-state index < -0.39 is 36.0 Å². The molecule has 3 rings (SSSR count). The molecule has 0 fully saturated rings. The maximum atomic E-state index is 12.7. The third kappa shape index (κ3) is 5.87. The maximum Gasteiger partial charge on any atom is 0.416 e. The van der Waals surface area contributed by atoms with Crippen LogP contribution in [0.5, 0.6) is 5.75 Å². The number of halogens is 3. The van der Waals surface area contributed by atoms with Crippen LogP contribution >= 0.6 is 0 Å². The number of rotatable bonds is 8. The monoisotopic (exact) mass is 443 g/mol. The molecule has 1 unspecified atom stereocenters. The van der Waals surface area contributed by atoms with E-state index >= 15 is 0 Å². The lowest BCUT2D eigenvalue weighted by Crippen LogP contribution is -2.23. The van der Waals surface area contributed by atoms with Gasteiger partial charge in [-0.2, -0.15) is 13.2 Å². The molecule has 0 radical (unpaired) electrons. The number of nitrogens with two attached hydrogens (primary N) is 1. The summed E-state index contributed by atoms with van der Waals surface area (Å²) in [6.07, 6.45) is -4.78. The lowest BCUT2D eigenvalue weighted by molar-refractivity contribution is -0.139. The molecule has 1 atom stereocenters. The van der Waals surface area contributed by atoms with E-state index in [1.807, 2.05) is 12.1 Å². The van der Waals surface area contributed by atoms with Gasteiger partial charge >= 0.3 is 12.1 Å². The van der Waals surface area contributed by atoms with E-state index in [9.17, 15) is 22.8 Å². The van der Waals surface area contributed by atoms with E-state index in [0.717, 1.165) is 23.3 Å². The van der Waals surface area contributed by atoms with Gasteiger partial charge in [0.05, 0.1) is 17.9 Å². The number of aliphatic carboxylic acids is 1. The highest BCUT2D eigenvalue weighted by atomic mass is 19.4. The molecule has 3 aromatic rings. The molecule has 8 heteroatoms. The molecule has 0 saturated carbocycles. The lowest BCUT2D eigenvalue weighted by Gasteiger charge is -2.13. The Hall–Kier alpha value is -3.81. The Kier molecular flexibility index (Phi) is 6.82. The average molecular weight is 443 g/mol. The van der Waals surface area contributed by atoms with Gasteiger partial charge in [0.15, 0.2) is 0 Å². The van der Waals surface area contributed by atoms with E-state index in [0.29, 0.717) is 16.9 Å². The van der Waals surface area contributed by atoms with Crippen molar-refractivity contribution in [2.75, 3.05) is 0 Å². The summed E-state index contributed by atoms with van der Waals surface area (Å²) in [7, 11) is 0. The predicted molar refractivity (Wildman–Crippen MR) is 112 cm³/mol. The van der Waals surface area contributed by atoms with Crippen molar-refractivity contribution in [3.8, 4) is 16.9 Å². The van der Waals surface area contributed by atoms with Crippen LogP contribution in [0.4, 0.5) is 13.2 Å². The second-order valence-corrected chi connectivity index (χ2v) is 7.19. The number of carboxylic acid groups (broad SMARTS) is 1. The molecule has 0 bridgehead atoms. The largest absolute Gasteiger partial charge is 0.489 e. The number of carbonyl (C=O) groups is 2. The van der Waals surface area contributed by atoms with Gasteiger partial charge in [0.1, 0.15) is 12.4 Å². The molecular formula is C24H20F3NO4. The van der Waals surface area contributed by atoms with E-state index in [2.05, 4.69) is 0 Å². The second-order valence-electron chi connectivity index (χ2n) is 7.19. The Bertz CT molecular complexity index is 1090. The summed E-state index contributed by atoms with van der Waals surface area (Å²) in [5, 5.41) is 8.93. The van der Waals surface area contributed by atoms with Gasteiger partial charge < -0.3 is 15.6 Å². The molecule has 3 N–H and O–H groups in total. The molecule has 166 valence electrons. The highest BCUT2D eigenvalue weighted by Crippen LogP contribution is 2.31. The summed E-state index contributed by atoms with van der Waals surface area (Å²) >= 11 is 0. The first-order chi connectivity index (χ1) is 15.1. The van der Waals surface area contributed by atoms with Crippen LogP contribution in [0.25, 0.3) is 11.1 Å². The standard InChI is InChI=1S/C24H20F3NO4/c25-24(26,27)19-8-4-16(5-9-19)18-3-1-2-15(12-18)14-32-20-10-6-17(7-11-20)21(23(28)31)13-22(29)30/h1-12,21H,13-14H2,(H2,28,31)(H,29,30). The topological polar surface area (TPSA) is 89.6 Å². The molecule has 0 aliphatic rings. The van der Waals surface area contributed by atoms with Gasteiger partial charge in [0, 0.05) is 0 Å². The molecule has 0 spiro atoms. The SMILES string of the molecule is NC(=O)C(CC(=O)O)c1ccc(OCc2cccc(-c3ccc(C(F)(F)F)cc3)c2)cc1. The quantitative estimate of drug-likeness (QED) is 0.513. The van der Waals surface area contributed by atoms with Crippen LogP contribution in [-0.4, -0.2) is 17.0 Å². The number of carbonyl (C=O) groups excluding carboxylic acids is 1. The van der Waals surface area contributed by atoms with Crippen molar-refractivity contribution < 1.29 is 32.6 Å². The fourth-order valence-corrected chi connectivity index (χ4v) is 3.21. The van der Waals surface area contributed by atoms with Crippen molar-refractivity contribution in [3.05, 3.63) is 89.5 Å². The van der Waals surface area contributed by atoms with Crippen LogP contribution in [0.1, 0.15) is 29.0 Å².